The van der Waals surface area contributed by atoms with Gasteiger partial charge in [-0.15, -0.1) is 0 Å². The molecule has 104 valence electrons. The van der Waals surface area contributed by atoms with E-state index in [1.165, 1.54) is 11.1 Å². The van der Waals surface area contributed by atoms with E-state index in [1.54, 1.807) is 0 Å². The van der Waals surface area contributed by atoms with Crippen molar-refractivity contribution in [2.45, 2.75) is 33.6 Å². The molecule has 0 amide bonds. The number of aryl methyl sites for hydroxylation is 2. The lowest BCUT2D eigenvalue weighted by atomic mass is 10.1. The summed E-state index contributed by atoms with van der Waals surface area (Å²) < 4.78 is 0. The van der Waals surface area contributed by atoms with Crippen LogP contribution in [0.15, 0.2) is 24.3 Å². The van der Waals surface area contributed by atoms with Gasteiger partial charge in [-0.2, -0.15) is 5.26 Å². The van der Waals surface area contributed by atoms with Crippen LogP contribution in [0, 0.1) is 18.3 Å². The first kappa shape index (κ1) is 14.3. The predicted molar refractivity (Wildman–Crippen MR) is 84.0 cm³/mol. The summed E-state index contributed by atoms with van der Waals surface area (Å²) in [7, 11) is 0. The molecule has 1 aromatic heterocycles. The molecule has 3 heteroatoms. The summed E-state index contributed by atoms with van der Waals surface area (Å²) in [5.41, 5.74) is 3.44. The third-order valence-corrected chi connectivity index (χ3v) is 3.60. The minimum Gasteiger partial charge on any atom is -0.357 e. The van der Waals surface area contributed by atoms with Crippen LogP contribution in [0.2, 0.25) is 0 Å². The lowest BCUT2D eigenvalue weighted by Gasteiger charge is -2.23. The van der Waals surface area contributed by atoms with E-state index in [2.05, 4.69) is 56.0 Å². The Morgan fingerprint density at radius 2 is 1.95 bits per heavy atom. The molecule has 0 N–H and O–H groups in total. The number of hydrogen-bond donors (Lipinski definition) is 0. The summed E-state index contributed by atoms with van der Waals surface area (Å²) in [4.78, 5) is 7.08. The molecule has 20 heavy (non-hydrogen) atoms. The number of fused-ring (bicyclic) bond motifs is 1. The van der Waals surface area contributed by atoms with Crippen molar-refractivity contribution in [1.29, 1.82) is 5.26 Å². The molecule has 1 aromatic carbocycles. The molecule has 3 nitrogen and oxygen atoms in total. The highest BCUT2D eigenvalue weighted by Crippen LogP contribution is 2.25. The first-order valence-electron chi connectivity index (χ1n) is 7.21. The fraction of sp³-hybridized carbons (Fsp3) is 0.412. The van der Waals surface area contributed by atoms with Crippen LogP contribution in [-0.2, 0) is 6.42 Å². The molecule has 0 aliphatic carbocycles. The third-order valence-electron chi connectivity index (χ3n) is 3.60. The normalized spacial score (nSPS) is 10.5. The highest BCUT2D eigenvalue weighted by atomic mass is 15.2. The van der Waals surface area contributed by atoms with Crippen molar-refractivity contribution >= 4 is 16.7 Å². The molecule has 0 aliphatic rings. The van der Waals surface area contributed by atoms with Crippen LogP contribution in [-0.4, -0.2) is 18.1 Å². The first-order valence-corrected chi connectivity index (χ1v) is 7.21. The average molecular weight is 267 g/mol. The molecule has 0 unspecified atom stereocenters. The molecular formula is C17H21N3. The number of nitriles is 1. The largest absolute Gasteiger partial charge is 0.357 e. The van der Waals surface area contributed by atoms with Gasteiger partial charge in [0.05, 0.1) is 11.6 Å². The number of aromatic nitrogens is 1. The van der Waals surface area contributed by atoms with Crippen molar-refractivity contribution in [2.24, 2.45) is 0 Å². The Hall–Kier alpha value is -2.08. The van der Waals surface area contributed by atoms with Crippen LogP contribution < -0.4 is 4.90 Å². The van der Waals surface area contributed by atoms with E-state index in [4.69, 9.17) is 10.2 Å². The molecule has 0 bridgehead atoms. The van der Waals surface area contributed by atoms with E-state index in [9.17, 15) is 0 Å². The number of pyridine rings is 1. The second-order valence-electron chi connectivity index (χ2n) is 5.00. The van der Waals surface area contributed by atoms with Gasteiger partial charge in [0.2, 0.25) is 0 Å². The topological polar surface area (TPSA) is 39.9 Å². The van der Waals surface area contributed by atoms with Crippen LogP contribution in [0.4, 0.5) is 5.82 Å². The summed E-state index contributed by atoms with van der Waals surface area (Å²) in [5, 5.41) is 10.0. The summed E-state index contributed by atoms with van der Waals surface area (Å²) in [6, 6.07) is 10.8. The minimum absolute atomic E-state index is 0.535. The van der Waals surface area contributed by atoms with Gasteiger partial charge in [0.1, 0.15) is 5.82 Å². The van der Waals surface area contributed by atoms with Gasteiger partial charge >= 0.3 is 0 Å². The third kappa shape index (κ3) is 2.91. The standard InChI is InChI=1S/C17H21N3/c1-4-20(5-2)17-14(7-6-10-18)12-15-11-13(3)8-9-16(15)19-17/h8-9,11-12H,4-7H2,1-3H3. The van der Waals surface area contributed by atoms with Crippen molar-refractivity contribution in [3.63, 3.8) is 0 Å². The SMILES string of the molecule is CCN(CC)c1nc2ccc(C)cc2cc1CCC#N. The Kier molecular flexibility index (Phi) is 4.57. The van der Waals surface area contributed by atoms with Crippen molar-refractivity contribution in [1.82, 2.24) is 4.98 Å². The maximum absolute atomic E-state index is 8.84. The van der Waals surface area contributed by atoms with Crippen LogP contribution in [0.3, 0.4) is 0 Å². The van der Waals surface area contributed by atoms with Crippen molar-refractivity contribution in [3.8, 4) is 6.07 Å². The zero-order valence-electron chi connectivity index (χ0n) is 12.5. The monoisotopic (exact) mass is 267 g/mol. The number of rotatable bonds is 5. The number of benzene rings is 1. The molecule has 0 spiro atoms. The second-order valence-corrected chi connectivity index (χ2v) is 5.00. The number of anilines is 1. The summed E-state index contributed by atoms with van der Waals surface area (Å²) in [6.45, 7) is 8.23. The lowest BCUT2D eigenvalue weighted by molar-refractivity contribution is 0.833. The fourth-order valence-corrected chi connectivity index (χ4v) is 2.50. The van der Waals surface area contributed by atoms with E-state index in [0.29, 0.717) is 6.42 Å². The Labute approximate surface area is 120 Å². The van der Waals surface area contributed by atoms with Gasteiger partial charge in [0.25, 0.3) is 0 Å². The van der Waals surface area contributed by atoms with Crippen LogP contribution in [0.25, 0.3) is 10.9 Å². The molecule has 0 saturated heterocycles. The van der Waals surface area contributed by atoms with E-state index >= 15 is 0 Å². The fourth-order valence-electron chi connectivity index (χ4n) is 2.50. The Morgan fingerprint density at radius 3 is 2.60 bits per heavy atom. The first-order chi connectivity index (χ1) is 9.69. The highest BCUT2D eigenvalue weighted by molar-refractivity contribution is 5.82. The quantitative estimate of drug-likeness (QED) is 0.826. The second kappa shape index (κ2) is 6.38. The molecule has 2 aromatic rings. The van der Waals surface area contributed by atoms with Crippen molar-refractivity contribution in [2.75, 3.05) is 18.0 Å². The van der Waals surface area contributed by atoms with Crippen LogP contribution >= 0.6 is 0 Å². The van der Waals surface area contributed by atoms with E-state index in [1.807, 2.05) is 0 Å². The maximum Gasteiger partial charge on any atom is 0.132 e. The zero-order valence-corrected chi connectivity index (χ0v) is 12.5. The summed E-state index contributed by atoms with van der Waals surface area (Å²) in [5.74, 6) is 1.03. The van der Waals surface area contributed by atoms with Gasteiger partial charge < -0.3 is 4.90 Å². The van der Waals surface area contributed by atoms with Gasteiger partial charge in [-0.05, 0) is 51.0 Å². The maximum atomic E-state index is 8.84. The van der Waals surface area contributed by atoms with Gasteiger partial charge in [-0.3, -0.25) is 0 Å². The molecule has 1 heterocycles. The predicted octanol–water partition coefficient (Wildman–Crippen LogP) is 3.85. The number of nitrogens with zero attached hydrogens (tertiary/aromatic N) is 3. The van der Waals surface area contributed by atoms with Gasteiger partial charge in [-0.1, -0.05) is 11.6 Å². The lowest BCUT2D eigenvalue weighted by Crippen LogP contribution is -2.24. The van der Waals surface area contributed by atoms with Gasteiger partial charge in [0.15, 0.2) is 0 Å². The van der Waals surface area contributed by atoms with Crippen molar-refractivity contribution < 1.29 is 0 Å². The Balaban J connectivity index is 2.57. The zero-order chi connectivity index (χ0) is 14.5. The molecular weight excluding hydrogens is 246 g/mol. The van der Waals surface area contributed by atoms with Gasteiger partial charge in [0, 0.05) is 24.9 Å². The van der Waals surface area contributed by atoms with Crippen LogP contribution in [0.5, 0.6) is 0 Å². The van der Waals surface area contributed by atoms with Crippen LogP contribution in [0.1, 0.15) is 31.4 Å². The molecule has 0 atom stereocenters. The Morgan fingerprint density at radius 1 is 1.20 bits per heavy atom. The summed E-state index contributed by atoms with van der Waals surface area (Å²) >= 11 is 0. The molecule has 0 aliphatic heterocycles. The van der Waals surface area contributed by atoms with E-state index in [0.717, 1.165) is 36.2 Å². The minimum atomic E-state index is 0.535. The number of hydrogen-bond acceptors (Lipinski definition) is 3. The Bertz CT molecular complexity index is 636. The summed E-state index contributed by atoms with van der Waals surface area (Å²) in [6.07, 6.45) is 1.30. The molecule has 2 rings (SSSR count). The molecule has 0 fully saturated rings. The average Bonchev–Trinajstić information content (AvgIpc) is 2.46. The smallest absolute Gasteiger partial charge is 0.132 e. The van der Waals surface area contributed by atoms with E-state index < -0.39 is 0 Å². The van der Waals surface area contributed by atoms with Crippen molar-refractivity contribution in [3.05, 3.63) is 35.4 Å². The highest BCUT2D eigenvalue weighted by Gasteiger charge is 2.12. The van der Waals surface area contributed by atoms with E-state index in [-0.39, 0.29) is 0 Å². The molecule has 0 saturated carbocycles. The van der Waals surface area contributed by atoms with Gasteiger partial charge in [-0.25, -0.2) is 4.98 Å². The molecule has 0 radical (unpaired) electrons.